The van der Waals surface area contributed by atoms with E-state index >= 15 is 0 Å². The predicted octanol–water partition coefficient (Wildman–Crippen LogP) is 3.38. The minimum absolute atomic E-state index is 0.0776. The van der Waals surface area contributed by atoms with Crippen LogP contribution in [0.1, 0.15) is 45.7 Å². The summed E-state index contributed by atoms with van der Waals surface area (Å²) in [5, 5.41) is 12.7. The van der Waals surface area contributed by atoms with Gasteiger partial charge in [-0.25, -0.2) is 4.98 Å². The predicted molar refractivity (Wildman–Crippen MR) is 121 cm³/mol. The van der Waals surface area contributed by atoms with Crippen molar-refractivity contribution in [3.05, 3.63) is 82.8 Å². The van der Waals surface area contributed by atoms with Gasteiger partial charge in [0.05, 0.1) is 11.7 Å². The van der Waals surface area contributed by atoms with Gasteiger partial charge in [-0.05, 0) is 56.0 Å². The summed E-state index contributed by atoms with van der Waals surface area (Å²) in [6, 6.07) is 16.1. The maximum atomic E-state index is 12.8. The molecule has 0 atom stereocenters. The summed E-state index contributed by atoms with van der Waals surface area (Å²) in [5.41, 5.74) is 4.87. The molecule has 0 aliphatic carbocycles. The van der Waals surface area contributed by atoms with Gasteiger partial charge in [0.1, 0.15) is 5.82 Å². The average molecular weight is 419 g/mol. The summed E-state index contributed by atoms with van der Waals surface area (Å²) >= 11 is 0. The number of rotatable bonds is 6. The molecule has 3 heterocycles. The molecule has 1 fully saturated rings. The molecule has 1 saturated heterocycles. The van der Waals surface area contributed by atoms with Gasteiger partial charge < -0.3 is 15.0 Å². The molecule has 1 amide bonds. The lowest BCUT2D eigenvalue weighted by atomic mass is 10.1. The zero-order valence-corrected chi connectivity index (χ0v) is 18.2. The van der Waals surface area contributed by atoms with Crippen LogP contribution < -0.4 is 5.32 Å². The molecule has 0 bridgehead atoms. The zero-order valence-electron chi connectivity index (χ0n) is 18.2. The first kappa shape index (κ1) is 21.3. The molecular weight excluding hydrogens is 388 g/mol. The molecule has 1 aliphatic rings. The summed E-state index contributed by atoms with van der Waals surface area (Å²) < 4.78 is 2.00. The van der Waals surface area contributed by atoms with Crippen molar-refractivity contribution < 1.29 is 9.90 Å². The molecule has 0 saturated carbocycles. The van der Waals surface area contributed by atoms with E-state index in [1.807, 2.05) is 42.7 Å². The molecular formula is C25H30N4O2. The molecule has 6 heteroatoms. The fraction of sp³-hybridized carbons (Fsp3) is 0.360. The lowest BCUT2D eigenvalue weighted by Crippen LogP contribution is -2.35. The van der Waals surface area contributed by atoms with Gasteiger partial charge in [0.15, 0.2) is 0 Å². The van der Waals surface area contributed by atoms with Crippen LogP contribution in [-0.2, 0) is 13.1 Å². The zero-order chi connectivity index (χ0) is 21.8. The number of aryl methyl sites for hydroxylation is 1. The number of nitrogens with zero attached hydrogens (tertiary/aromatic N) is 3. The van der Waals surface area contributed by atoms with E-state index in [2.05, 4.69) is 39.5 Å². The first-order valence-electron chi connectivity index (χ1n) is 10.9. The molecule has 1 aliphatic heterocycles. The van der Waals surface area contributed by atoms with Crippen molar-refractivity contribution in [2.24, 2.45) is 0 Å². The summed E-state index contributed by atoms with van der Waals surface area (Å²) in [6.45, 7) is 7.21. The minimum Gasteiger partial charge on any atom is -0.393 e. The Morgan fingerprint density at radius 2 is 1.81 bits per heavy atom. The number of carbonyl (C=O) groups is 1. The van der Waals surface area contributed by atoms with Crippen LogP contribution in [0, 0.1) is 13.8 Å². The van der Waals surface area contributed by atoms with E-state index < -0.39 is 0 Å². The lowest BCUT2D eigenvalue weighted by molar-refractivity contribution is 0.0792. The summed E-state index contributed by atoms with van der Waals surface area (Å²) in [6.07, 6.45) is 3.32. The Bertz CT molecular complexity index is 1020. The molecule has 0 spiro atoms. The molecule has 31 heavy (non-hydrogen) atoms. The fourth-order valence-electron chi connectivity index (χ4n) is 4.21. The van der Waals surface area contributed by atoms with Crippen molar-refractivity contribution >= 4 is 5.91 Å². The fourth-order valence-corrected chi connectivity index (χ4v) is 4.21. The van der Waals surface area contributed by atoms with Gasteiger partial charge in [-0.3, -0.25) is 9.69 Å². The highest BCUT2D eigenvalue weighted by atomic mass is 16.3. The number of aliphatic hydroxyl groups excluding tert-OH is 1. The van der Waals surface area contributed by atoms with Gasteiger partial charge in [-0.15, -0.1) is 0 Å². The van der Waals surface area contributed by atoms with Gasteiger partial charge in [-0.2, -0.15) is 0 Å². The normalized spacial score (nSPS) is 15.2. The molecule has 1 aromatic carbocycles. The van der Waals surface area contributed by atoms with E-state index in [9.17, 15) is 9.90 Å². The third kappa shape index (κ3) is 5.03. The molecule has 162 valence electrons. The van der Waals surface area contributed by atoms with Crippen molar-refractivity contribution in [1.29, 1.82) is 0 Å². The van der Waals surface area contributed by atoms with Crippen LogP contribution in [-0.4, -0.2) is 44.7 Å². The minimum atomic E-state index is -0.143. The van der Waals surface area contributed by atoms with E-state index in [1.165, 1.54) is 5.56 Å². The topological polar surface area (TPSA) is 70.4 Å². The number of benzene rings is 1. The molecule has 6 nitrogen and oxygen atoms in total. The highest BCUT2D eigenvalue weighted by molar-refractivity contribution is 5.95. The first-order chi connectivity index (χ1) is 15.0. The Kier molecular flexibility index (Phi) is 6.49. The van der Waals surface area contributed by atoms with Gasteiger partial charge in [0, 0.05) is 43.8 Å². The number of aromatic nitrogens is 2. The van der Waals surface area contributed by atoms with Crippen LogP contribution in [0.25, 0.3) is 5.82 Å². The largest absolute Gasteiger partial charge is 0.393 e. The van der Waals surface area contributed by atoms with Gasteiger partial charge >= 0.3 is 0 Å². The Morgan fingerprint density at radius 3 is 2.48 bits per heavy atom. The molecule has 2 N–H and O–H groups in total. The number of amides is 1. The van der Waals surface area contributed by atoms with E-state index in [1.54, 1.807) is 6.20 Å². The van der Waals surface area contributed by atoms with E-state index in [-0.39, 0.29) is 12.0 Å². The van der Waals surface area contributed by atoms with Crippen molar-refractivity contribution in [3.63, 3.8) is 0 Å². The molecule has 0 unspecified atom stereocenters. The number of hydrogen-bond acceptors (Lipinski definition) is 4. The van der Waals surface area contributed by atoms with E-state index in [4.69, 9.17) is 0 Å². The van der Waals surface area contributed by atoms with Crippen LogP contribution >= 0.6 is 0 Å². The lowest BCUT2D eigenvalue weighted by Gasteiger charge is -2.29. The number of hydrogen-bond donors (Lipinski definition) is 2. The second-order valence-corrected chi connectivity index (χ2v) is 8.31. The monoisotopic (exact) mass is 418 g/mol. The number of pyridine rings is 1. The second-order valence-electron chi connectivity index (χ2n) is 8.31. The van der Waals surface area contributed by atoms with Crippen molar-refractivity contribution in [2.75, 3.05) is 13.1 Å². The standard InChI is InChI=1S/C25H30N4O2/c1-18-15-23(19(2)29(18)24-5-3-4-12-26-24)25(31)27-16-20-6-8-21(9-7-20)17-28-13-10-22(30)11-14-28/h3-9,12,15,22,30H,10-11,13-14,16-17H2,1-2H3,(H,27,31). The Hall–Kier alpha value is -2.96. The highest BCUT2D eigenvalue weighted by Gasteiger charge is 2.18. The van der Waals surface area contributed by atoms with Gasteiger partial charge in [-0.1, -0.05) is 30.3 Å². The number of nitrogens with one attached hydrogen (secondary N) is 1. The quantitative estimate of drug-likeness (QED) is 0.644. The number of likely N-dealkylation sites (tertiary alicyclic amines) is 1. The number of aliphatic hydroxyl groups is 1. The molecule has 2 aromatic heterocycles. The summed E-state index contributed by atoms with van der Waals surface area (Å²) in [5.74, 6) is 0.738. The third-order valence-electron chi connectivity index (χ3n) is 5.99. The van der Waals surface area contributed by atoms with Gasteiger partial charge in [0.2, 0.25) is 0 Å². The maximum absolute atomic E-state index is 12.8. The van der Waals surface area contributed by atoms with Crippen LogP contribution in [0.15, 0.2) is 54.7 Å². The Balaban J connectivity index is 1.36. The first-order valence-corrected chi connectivity index (χ1v) is 10.9. The van der Waals surface area contributed by atoms with Crippen molar-refractivity contribution in [2.45, 2.75) is 45.9 Å². The van der Waals surface area contributed by atoms with E-state index in [0.29, 0.717) is 12.1 Å². The Morgan fingerprint density at radius 1 is 1.10 bits per heavy atom. The van der Waals surface area contributed by atoms with Crippen LogP contribution in [0.2, 0.25) is 0 Å². The summed E-state index contributed by atoms with van der Waals surface area (Å²) in [7, 11) is 0. The summed E-state index contributed by atoms with van der Waals surface area (Å²) in [4.78, 5) is 19.6. The maximum Gasteiger partial charge on any atom is 0.253 e. The highest BCUT2D eigenvalue weighted by Crippen LogP contribution is 2.20. The molecule has 4 rings (SSSR count). The van der Waals surface area contributed by atoms with Crippen molar-refractivity contribution in [3.8, 4) is 5.82 Å². The van der Waals surface area contributed by atoms with E-state index in [0.717, 1.165) is 55.2 Å². The third-order valence-corrected chi connectivity index (χ3v) is 5.99. The SMILES string of the molecule is Cc1cc(C(=O)NCc2ccc(CN3CCC(O)CC3)cc2)c(C)n1-c1ccccn1. The molecule has 0 radical (unpaired) electrons. The van der Waals surface area contributed by atoms with Crippen LogP contribution in [0.4, 0.5) is 0 Å². The number of carbonyl (C=O) groups excluding carboxylic acids is 1. The molecule has 3 aromatic rings. The van der Waals surface area contributed by atoms with Gasteiger partial charge in [0.25, 0.3) is 5.91 Å². The second kappa shape index (κ2) is 9.45. The van der Waals surface area contributed by atoms with Crippen molar-refractivity contribution in [1.82, 2.24) is 19.8 Å². The average Bonchev–Trinajstić information content (AvgIpc) is 3.09. The van der Waals surface area contributed by atoms with Crippen LogP contribution in [0.3, 0.4) is 0 Å². The van der Waals surface area contributed by atoms with Crippen LogP contribution in [0.5, 0.6) is 0 Å². The smallest absolute Gasteiger partial charge is 0.253 e. The Labute approximate surface area is 183 Å². The number of piperidine rings is 1.